The number of carbonyl (C=O) groups is 1. The number of carbonyl (C=O) groups excluding carboxylic acids is 1. The van der Waals surface area contributed by atoms with Gasteiger partial charge in [0.2, 0.25) is 10.0 Å². The first-order valence-electron chi connectivity index (χ1n) is 10.9. The summed E-state index contributed by atoms with van der Waals surface area (Å²) in [6, 6.07) is 8.59. The highest BCUT2D eigenvalue weighted by molar-refractivity contribution is 7.89. The quantitative estimate of drug-likeness (QED) is 0.758. The number of nitrogens with one attached hydrogen (secondary N) is 1. The number of nitrogens with zero attached hydrogens (tertiary/aromatic N) is 3. The fraction of sp³-hybridized carbons (Fsp3) is 0.522. The maximum atomic E-state index is 13.4. The van der Waals surface area contributed by atoms with E-state index in [1.165, 1.54) is 0 Å². The lowest BCUT2D eigenvalue weighted by Crippen LogP contribution is -2.49. The van der Waals surface area contributed by atoms with Crippen LogP contribution in [0.2, 0.25) is 0 Å². The molecule has 1 aromatic rings. The van der Waals surface area contributed by atoms with E-state index < -0.39 is 15.4 Å². The third kappa shape index (κ3) is 3.27. The molecule has 8 heteroatoms. The molecule has 1 saturated heterocycles. The van der Waals surface area contributed by atoms with Gasteiger partial charge in [-0.05, 0) is 43.2 Å². The number of allylic oxidation sites excluding steroid dienone is 2. The Labute approximate surface area is 183 Å². The van der Waals surface area contributed by atoms with Crippen molar-refractivity contribution < 1.29 is 13.2 Å². The number of ketones is 1. The SMILES string of the molecule is CC1(C)CC(=O)C2=C(C1)NC1N=NC=C1C21CCCN(S(=O)(=O)c2ccccc2)CC1. The Morgan fingerprint density at radius 2 is 1.87 bits per heavy atom. The Morgan fingerprint density at radius 3 is 2.65 bits per heavy atom. The number of rotatable bonds is 2. The zero-order chi connectivity index (χ0) is 21.9. The summed E-state index contributed by atoms with van der Waals surface area (Å²) in [6.07, 6.45) is 4.82. The summed E-state index contributed by atoms with van der Waals surface area (Å²) in [5, 5.41) is 12.0. The molecule has 5 rings (SSSR count). The Balaban J connectivity index is 1.53. The predicted molar refractivity (Wildman–Crippen MR) is 116 cm³/mol. The molecule has 2 unspecified atom stereocenters. The van der Waals surface area contributed by atoms with Crippen molar-refractivity contribution in [2.24, 2.45) is 21.1 Å². The minimum Gasteiger partial charge on any atom is -0.362 e. The third-order valence-corrected chi connectivity index (χ3v) is 8.98. The average molecular weight is 441 g/mol. The van der Waals surface area contributed by atoms with Gasteiger partial charge in [0.05, 0.1) is 11.1 Å². The minimum absolute atomic E-state index is 0.103. The Kier molecular flexibility index (Phi) is 4.71. The van der Waals surface area contributed by atoms with Gasteiger partial charge in [0.25, 0.3) is 0 Å². The summed E-state index contributed by atoms with van der Waals surface area (Å²) in [5.41, 5.74) is 2.24. The van der Waals surface area contributed by atoms with E-state index >= 15 is 0 Å². The molecule has 0 aromatic heterocycles. The highest BCUT2D eigenvalue weighted by Crippen LogP contribution is 2.55. The topological polar surface area (TPSA) is 91.2 Å². The van der Waals surface area contributed by atoms with Crippen molar-refractivity contribution in [2.45, 2.75) is 57.0 Å². The number of fused-ring (bicyclic) bond motifs is 3. The van der Waals surface area contributed by atoms with Gasteiger partial charge in [-0.1, -0.05) is 32.0 Å². The van der Waals surface area contributed by atoms with E-state index in [0.717, 1.165) is 29.7 Å². The normalized spacial score (nSPS) is 30.5. The molecule has 1 spiro atoms. The summed E-state index contributed by atoms with van der Waals surface area (Å²) in [5.74, 6) is 0.171. The molecule has 1 fully saturated rings. The van der Waals surface area contributed by atoms with Crippen LogP contribution in [0.1, 0.15) is 46.0 Å². The van der Waals surface area contributed by atoms with Crippen LogP contribution in [-0.4, -0.2) is 37.8 Å². The maximum Gasteiger partial charge on any atom is 0.243 e. The highest BCUT2D eigenvalue weighted by Gasteiger charge is 2.53. The fourth-order valence-electron chi connectivity index (χ4n) is 5.73. The summed E-state index contributed by atoms with van der Waals surface area (Å²) in [7, 11) is -3.57. The van der Waals surface area contributed by atoms with Gasteiger partial charge in [0.15, 0.2) is 11.9 Å². The molecule has 0 amide bonds. The van der Waals surface area contributed by atoms with E-state index in [9.17, 15) is 13.2 Å². The van der Waals surface area contributed by atoms with Gasteiger partial charge >= 0.3 is 0 Å². The van der Waals surface area contributed by atoms with Crippen LogP contribution in [0, 0.1) is 10.8 Å². The molecule has 0 bridgehead atoms. The average Bonchev–Trinajstić information content (AvgIpc) is 3.08. The van der Waals surface area contributed by atoms with Gasteiger partial charge in [-0.25, -0.2) is 8.42 Å². The van der Waals surface area contributed by atoms with Crippen LogP contribution >= 0.6 is 0 Å². The van der Waals surface area contributed by atoms with Crippen molar-refractivity contribution in [3.63, 3.8) is 0 Å². The molecule has 1 N–H and O–H groups in total. The first-order chi connectivity index (χ1) is 14.7. The lowest BCUT2D eigenvalue weighted by molar-refractivity contribution is -0.119. The van der Waals surface area contributed by atoms with Crippen molar-refractivity contribution in [1.29, 1.82) is 0 Å². The monoisotopic (exact) mass is 440 g/mol. The molecule has 1 aromatic carbocycles. The first-order valence-corrected chi connectivity index (χ1v) is 12.4. The maximum absolute atomic E-state index is 13.4. The number of benzene rings is 1. The summed E-state index contributed by atoms with van der Waals surface area (Å²) in [6.45, 7) is 5.05. The lowest BCUT2D eigenvalue weighted by atomic mass is 9.60. The van der Waals surface area contributed by atoms with Crippen LogP contribution in [0.3, 0.4) is 0 Å². The standard InChI is InChI=1S/C23H28N4O3S/c1-22(2)13-18-20(19(28)14-22)23(17-15-24-26-21(17)25-18)9-6-11-27(12-10-23)31(29,30)16-7-4-3-5-8-16/h3-5,7-8,15,21,25H,6,9-14H2,1-2H3. The van der Waals surface area contributed by atoms with Gasteiger partial charge in [-0.15, -0.1) is 0 Å². The van der Waals surface area contributed by atoms with Crippen LogP contribution in [0.5, 0.6) is 0 Å². The molecule has 4 aliphatic rings. The van der Waals surface area contributed by atoms with Crippen LogP contribution in [0.15, 0.2) is 68.5 Å². The number of sulfonamides is 1. The summed E-state index contributed by atoms with van der Waals surface area (Å²) in [4.78, 5) is 13.7. The summed E-state index contributed by atoms with van der Waals surface area (Å²) < 4.78 is 28.1. The Bertz CT molecular complexity index is 1120. The van der Waals surface area contributed by atoms with E-state index in [2.05, 4.69) is 29.4 Å². The fourth-order valence-corrected chi connectivity index (χ4v) is 7.23. The Hall–Kier alpha value is -2.32. The molecule has 2 atom stereocenters. The first kappa shape index (κ1) is 20.6. The molecule has 3 heterocycles. The van der Waals surface area contributed by atoms with E-state index in [4.69, 9.17) is 0 Å². The van der Waals surface area contributed by atoms with E-state index in [1.807, 2.05) is 6.07 Å². The van der Waals surface area contributed by atoms with Gasteiger partial charge in [-0.3, -0.25) is 4.79 Å². The second kappa shape index (κ2) is 7.10. The number of hydrogen-bond acceptors (Lipinski definition) is 6. The smallest absolute Gasteiger partial charge is 0.243 e. The predicted octanol–water partition coefficient (Wildman–Crippen LogP) is 3.77. The van der Waals surface area contributed by atoms with Gasteiger partial charge in [0, 0.05) is 41.8 Å². The van der Waals surface area contributed by atoms with Crippen molar-refractivity contribution in [2.75, 3.05) is 13.1 Å². The van der Waals surface area contributed by atoms with Gasteiger partial charge in [0.1, 0.15) is 0 Å². The van der Waals surface area contributed by atoms with Crippen LogP contribution in [-0.2, 0) is 14.8 Å². The molecular formula is C23H28N4O3S. The number of hydrogen-bond donors (Lipinski definition) is 1. The second-order valence-electron chi connectivity index (χ2n) is 9.81. The minimum atomic E-state index is -3.57. The molecular weight excluding hydrogens is 412 g/mol. The highest BCUT2D eigenvalue weighted by atomic mass is 32.2. The molecule has 164 valence electrons. The van der Waals surface area contributed by atoms with E-state index in [0.29, 0.717) is 37.2 Å². The van der Waals surface area contributed by atoms with Crippen molar-refractivity contribution in [3.8, 4) is 0 Å². The van der Waals surface area contributed by atoms with Crippen LogP contribution in [0.25, 0.3) is 0 Å². The Morgan fingerprint density at radius 1 is 1.10 bits per heavy atom. The number of azo groups is 1. The molecule has 3 aliphatic heterocycles. The molecule has 0 saturated carbocycles. The lowest BCUT2D eigenvalue weighted by Gasteiger charge is -2.47. The molecule has 1 aliphatic carbocycles. The van der Waals surface area contributed by atoms with Crippen LogP contribution < -0.4 is 5.32 Å². The van der Waals surface area contributed by atoms with Gasteiger partial charge in [-0.2, -0.15) is 14.5 Å². The molecule has 31 heavy (non-hydrogen) atoms. The molecule has 7 nitrogen and oxygen atoms in total. The zero-order valence-corrected chi connectivity index (χ0v) is 18.8. The van der Waals surface area contributed by atoms with Crippen molar-refractivity contribution >= 4 is 15.8 Å². The van der Waals surface area contributed by atoms with Crippen molar-refractivity contribution in [3.05, 3.63) is 53.4 Å². The van der Waals surface area contributed by atoms with E-state index in [1.54, 1.807) is 34.8 Å². The molecule has 0 radical (unpaired) electrons. The zero-order valence-electron chi connectivity index (χ0n) is 18.0. The second-order valence-corrected chi connectivity index (χ2v) is 11.7. The number of Topliss-reactive ketones (excluding diaryl/α,β-unsaturated/α-hetero) is 1. The van der Waals surface area contributed by atoms with Crippen molar-refractivity contribution in [1.82, 2.24) is 9.62 Å². The van der Waals surface area contributed by atoms with E-state index in [-0.39, 0.29) is 17.4 Å². The van der Waals surface area contributed by atoms with Gasteiger partial charge < -0.3 is 5.32 Å². The largest absolute Gasteiger partial charge is 0.362 e. The van der Waals surface area contributed by atoms with Crippen LogP contribution in [0.4, 0.5) is 0 Å². The summed E-state index contributed by atoms with van der Waals surface area (Å²) >= 11 is 0. The third-order valence-electron chi connectivity index (χ3n) is 7.07.